The Bertz CT molecular complexity index is 838. The standard InChI is InChI=1S/C22H32N6O2/c1-18-4-3-5-20(14-18)15-25-10-12-28(13-11-25)22(29)17-27-8-6-26(7-9-27)16-21-23-19(2)24-30-21/h3-5,14H,6-13,15-17H2,1-2H3. The number of aromatic nitrogens is 2. The Kier molecular flexibility index (Phi) is 6.76. The van der Waals surface area contributed by atoms with Crippen LogP contribution in [0.5, 0.6) is 0 Å². The number of aryl methyl sites for hydroxylation is 2. The smallest absolute Gasteiger partial charge is 0.240 e. The number of hydrogen-bond donors (Lipinski definition) is 0. The van der Waals surface area contributed by atoms with E-state index in [4.69, 9.17) is 4.52 Å². The molecular weight excluding hydrogens is 380 g/mol. The van der Waals surface area contributed by atoms with Gasteiger partial charge in [0.1, 0.15) is 0 Å². The predicted molar refractivity (Wildman–Crippen MR) is 114 cm³/mol. The molecule has 2 aromatic rings. The van der Waals surface area contributed by atoms with Crippen molar-refractivity contribution < 1.29 is 9.32 Å². The summed E-state index contributed by atoms with van der Waals surface area (Å²) in [5, 5.41) is 3.84. The third kappa shape index (κ3) is 5.65. The van der Waals surface area contributed by atoms with Gasteiger partial charge in [0.2, 0.25) is 11.8 Å². The third-order valence-electron chi connectivity index (χ3n) is 5.97. The van der Waals surface area contributed by atoms with Crippen LogP contribution in [0.3, 0.4) is 0 Å². The first-order valence-electron chi connectivity index (χ1n) is 10.8. The van der Waals surface area contributed by atoms with Gasteiger partial charge in [-0.1, -0.05) is 35.0 Å². The zero-order chi connectivity index (χ0) is 20.9. The summed E-state index contributed by atoms with van der Waals surface area (Å²) in [6, 6.07) is 8.68. The van der Waals surface area contributed by atoms with Gasteiger partial charge in [0.15, 0.2) is 5.82 Å². The van der Waals surface area contributed by atoms with Crippen LogP contribution in [-0.2, 0) is 17.9 Å². The molecule has 1 amide bonds. The highest BCUT2D eigenvalue weighted by atomic mass is 16.5. The van der Waals surface area contributed by atoms with Gasteiger partial charge in [-0.3, -0.25) is 19.5 Å². The molecule has 2 fully saturated rings. The molecule has 0 N–H and O–H groups in total. The van der Waals surface area contributed by atoms with E-state index in [1.165, 1.54) is 11.1 Å². The molecule has 3 heterocycles. The molecule has 0 atom stereocenters. The van der Waals surface area contributed by atoms with Crippen LogP contribution >= 0.6 is 0 Å². The molecular formula is C22H32N6O2. The van der Waals surface area contributed by atoms with Crippen molar-refractivity contribution >= 4 is 5.91 Å². The molecule has 8 heteroatoms. The first-order valence-corrected chi connectivity index (χ1v) is 10.8. The summed E-state index contributed by atoms with van der Waals surface area (Å²) in [6.45, 7) is 13.3. The van der Waals surface area contributed by atoms with Gasteiger partial charge in [0, 0.05) is 58.9 Å². The van der Waals surface area contributed by atoms with Crippen molar-refractivity contribution in [3.8, 4) is 0 Å². The van der Waals surface area contributed by atoms with Gasteiger partial charge in [-0.15, -0.1) is 0 Å². The van der Waals surface area contributed by atoms with Crippen molar-refractivity contribution in [3.05, 3.63) is 47.1 Å². The van der Waals surface area contributed by atoms with Crippen LogP contribution in [0.4, 0.5) is 0 Å². The summed E-state index contributed by atoms with van der Waals surface area (Å²) in [7, 11) is 0. The molecule has 8 nitrogen and oxygen atoms in total. The Morgan fingerprint density at radius 3 is 2.27 bits per heavy atom. The summed E-state index contributed by atoms with van der Waals surface area (Å²) >= 11 is 0. The van der Waals surface area contributed by atoms with Crippen LogP contribution in [0.25, 0.3) is 0 Å². The quantitative estimate of drug-likeness (QED) is 0.705. The van der Waals surface area contributed by atoms with Crippen molar-refractivity contribution in [2.24, 2.45) is 0 Å². The van der Waals surface area contributed by atoms with Crippen molar-refractivity contribution in [3.63, 3.8) is 0 Å². The Labute approximate surface area is 178 Å². The van der Waals surface area contributed by atoms with E-state index < -0.39 is 0 Å². The van der Waals surface area contributed by atoms with Crippen LogP contribution in [0, 0.1) is 13.8 Å². The molecule has 1 aromatic heterocycles. The number of carbonyl (C=O) groups excluding carboxylic acids is 1. The SMILES string of the molecule is Cc1cccc(CN2CCN(C(=O)CN3CCN(Cc4nc(C)no4)CC3)CC2)c1. The number of nitrogens with zero attached hydrogens (tertiary/aromatic N) is 6. The Morgan fingerprint density at radius 1 is 0.933 bits per heavy atom. The monoisotopic (exact) mass is 412 g/mol. The maximum absolute atomic E-state index is 12.8. The van der Waals surface area contributed by atoms with Gasteiger partial charge in [0.05, 0.1) is 13.1 Å². The largest absolute Gasteiger partial charge is 0.339 e. The van der Waals surface area contributed by atoms with Crippen LogP contribution < -0.4 is 0 Å². The number of hydrogen-bond acceptors (Lipinski definition) is 7. The van der Waals surface area contributed by atoms with Gasteiger partial charge in [-0.05, 0) is 19.4 Å². The molecule has 4 rings (SSSR count). The van der Waals surface area contributed by atoms with E-state index in [9.17, 15) is 4.79 Å². The predicted octanol–water partition coefficient (Wildman–Crippen LogP) is 1.15. The molecule has 0 unspecified atom stereocenters. The normalized spacial score (nSPS) is 19.3. The lowest BCUT2D eigenvalue weighted by Crippen LogP contribution is -2.53. The minimum absolute atomic E-state index is 0.256. The lowest BCUT2D eigenvalue weighted by molar-refractivity contribution is -0.134. The van der Waals surface area contributed by atoms with Gasteiger partial charge in [-0.25, -0.2) is 0 Å². The van der Waals surface area contributed by atoms with Crippen LogP contribution in [0.1, 0.15) is 22.8 Å². The lowest BCUT2D eigenvalue weighted by Gasteiger charge is -2.37. The first-order chi connectivity index (χ1) is 14.5. The maximum atomic E-state index is 12.8. The van der Waals surface area contributed by atoms with Crippen molar-refractivity contribution in [1.29, 1.82) is 0 Å². The number of amides is 1. The van der Waals surface area contributed by atoms with E-state index in [0.29, 0.717) is 24.8 Å². The molecule has 1 aromatic carbocycles. The van der Waals surface area contributed by atoms with E-state index >= 15 is 0 Å². The number of piperazine rings is 2. The molecule has 0 radical (unpaired) electrons. The molecule has 0 spiro atoms. The minimum atomic E-state index is 0.256. The fourth-order valence-electron chi connectivity index (χ4n) is 4.22. The summed E-state index contributed by atoms with van der Waals surface area (Å²) in [6.07, 6.45) is 0. The second-order valence-electron chi connectivity index (χ2n) is 8.43. The highest BCUT2D eigenvalue weighted by Gasteiger charge is 2.25. The Hall–Kier alpha value is -2.29. The molecule has 2 aliphatic heterocycles. The lowest BCUT2D eigenvalue weighted by atomic mass is 10.1. The summed E-state index contributed by atoms with van der Waals surface area (Å²) in [5.41, 5.74) is 2.65. The van der Waals surface area contributed by atoms with Crippen molar-refractivity contribution in [2.75, 3.05) is 58.9 Å². The summed E-state index contributed by atoms with van der Waals surface area (Å²) in [4.78, 5) is 26.1. The van der Waals surface area contributed by atoms with Crippen LogP contribution in [0.15, 0.2) is 28.8 Å². The van der Waals surface area contributed by atoms with E-state index in [1.54, 1.807) is 0 Å². The van der Waals surface area contributed by atoms with Gasteiger partial charge in [-0.2, -0.15) is 4.98 Å². The first kappa shape index (κ1) is 21.0. The van der Waals surface area contributed by atoms with Gasteiger partial charge >= 0.3 is 0 Å². The second-order valence-corrected chi connectivity index (χ2v) is 8.43. The fraction of sp³-hybridized carbons (Fsp3) is 0.591. The van der Waals surface area contributed by atoms with E-state index in [2.05, 4.69) is 56.0 Å². The number of rotatable bonds is 6. The second kappa shape index (κ2) is 9.68. The fourth-order valence-corrected chi connectivity index (χ4v) is 4.22. The molecule has 2 aliphatic rings. The minimum Gasteiger partial charge on any atom is -0.339 e. The molecule has 0 aliphatic carbocycles. The van der Waals surface area contributed by atoms with E-state index in [1.807, 2.05) is 11.8 Å². The van der Waals surface area contributed by atoms with Crippen LogP contribution in [0.2, 0.25) is 0 Å². The van der Waals surface area contributed by atoms with E-state index in [0.717, 1.165) is 58.9 Å². The Morgan fingerprint density at radius 2 is 1.60 bits per heavy atom. The molecule has 0 saturated carbocycles. The maximum Gasteiger partial charge on any atom is 0.240 e. The Balaban J connectivity index is 1.16. The summed E-state index contributed by atoms with van der Waals surface area (Å²) in [5.74, 6) is 1.60. The van der Waals surface area contributed by atoms with Gasteiger partial charge < -0.3 is 9.42 Å². The van der Waals surface area contributed by atoms with E-state index in [-0.39, 0.29) is 5.91 Å². The highest BCUT2D eigenvalue weighted by Crippen LogP contribution is 2.12. The number of carbonyl (C=O) groups is 1. The highest BCUT2D eigenvalue weighted by molar-refractivity contribution is 5.78. The average Bonchev–Trinajstić information content (AvgIpc) is 3.14. The topological polar surface area (TPSA) is 69.0 Å². The zero-order valence-electron chi connectivity index (χ0n) is 18.1. The van der Waals surface area contributed by atoms with Crippen LogP contribution in [-0.4, -0.2) is 94.6 Å². The average molecular weight is 413 g/mol. The molecule has 162 valence electrons. The summed E-state index contributed by atoms with van der Waals surface area (Å²) < 4.78 is 5.21. The zero-order valence-corrected chi connectivity index (χ0v) is 18.1. The molecule has 30 heavy (non-hydrogen) atoms. The molecule has 0 bridgehead atoms. The molecule has 2 saturated heterocycles. The van der Waals surface area contributed by atoms with Crippen molar-refractivity contribution in [1.82, 2.24) is 29.7 Å². The number of benzene rings is 1. The van der Waals surface area contributed by atoms with Gasteiger partial charge in [0.25, 0.3) is 0 Å². The van der Waals surface area contributed by atoms with Crippen molar-refractivity contribution in [2.45, 2.75) is 26.9 Å². The third-order valence-corrected chi connectivity index (χ3v) is 5.97.